The number of hydrogen-bond acceptors (Lipinski definition) is 4. The van der Waals surface area contributed by atoms with Gasteiger partial charge >= 0.3 is 5.97 Å². The lowest BCUT2D eigenvalue weighted by molar-refractivity contribution is -0.145. The molecule has 0 aromatic heterocycles. The Kier molecular flexibility index (Phi) is 4.54. The monoisotopic (exact) mass is 424 g/mol. The zero-order valence-corrected chi connectivity index (χ0v) is 17.1. The molecule has 2 aromatic rings. The lowest BCUT2D eigenvalue weighted by Gasteiger charge is -2.23. The quantitative estimate of drug-likeness (QED) is 0.725. The molecule has 3 aliphatic rings. The SMILES string of the molecule is Cc1c(Cl)cccc1NC(=O)c1cccc(NC(=O)[C@H]2[C@H]3C[C@@H]4[C@@H]2C(=O)O[C@@H]4C3)c1. The van der Waals surface area contributed by atoms with Crippen molar-refractivity contribution < 1.29 is 19.1 Å². The molecule has 5 rings (SSSR count). The smallest absolute Gasteiger partial charge is 0.310 e. The number of amides is 2. The van der Waals surface area contributed by atoms with Crippen molar-refractivity contribution in [1.29, 1.82) is 0 Å². The fraction of sp³-hybridized carbons (Fsp3) is 0.348. The molecule has 0 spiro atoms. The minimum atomic E-state index is -0.354. The number of esters is 1. The molecule has 2 N–H and O–H groups in total. The summed E-state index contributed by atoms with van der Waals surface area (Å²) in [5.41, 5.74) is 2.37. The molecule has 2 aliphatic carbocycles. The van der Waals surface area contributed by atoms with Crippen LogP contribution in [-0.2, 0) is 14.3 Å². The first-order valence-electron chi connectivity index (χ1n) is 10.1. The van der Waals surface area contributed by atoms with E-state index in [4.69, 9.17) is 16.3 Å². The van der Waals surface area contributed by atoms with Crippen LogP contribution in [0.5, 0.6) is 0 Å². The van der Waals surface area contributed by atoms with E-state index in [0.717, 1.165) is 18.4 Å². The number of anilines is 2. The Morgan fingerprint density at radius 3 is 2.73 bits per heavy atom. The Bertz CT molecular complexity index is 1070. The largest absolute Gasteiger partial charge is 0.462 e. The first-order valence-corrected chi connectivity index (χ1v) is 10.5. The van der Waals surface area contributed by atoms with Crippen LogP contribution in [0.2, 0.25) is 5.02 Å². The van der Waals surface area contributed by atoms with Gasteiger partial charge in [-0.3, -0.25) is 14.4 Å². The molecule has 1 aliphatic heterocycles. The second-order valence-electron chi connectivity index (χ2n) is 8.36. The summed E-state index contributed by atoms with van der Waals surface area (Å²) >= 11 is 6.12. The number of hydrogen-bond donors (Lipinski definition) is 2. The van der Waals surface area contributed by atoms with E-state index in [1.807, 2.05) is 6.92 Å². The van der Waals surface area contributed by atoms with Crippen molar-refractivity contribution in [2.45, 2.75) is 25.9 Å². The van der Waals surface area contributed by atoms with Crippen LogP contribution < -0.4 is 10.6 Å². The van der Waals surface area contributed by atoms with Crippen molar-refractivity contribution in [2.24, 2.45) is 23.7 Å². The molecule has 7 heteroatoms. The van der Waals surface area contributed by atoms with Crippen molar-refractivity contribution in [3.63, 3.8) is 0 Å². The summed E-state index contributed by atoms with van der Waals surface area (Å²) in [7, 11) is 0. The Morgan fingerprint density at radius 1 is 1.10 bits per heavy atom. The first-order chi connectivity index (χ1) is 14.4. The van der Waals surface area contributed by atoms with Gasteiger partial charge in [-0.1, -0.05) is 23.7 Å². The van der Waals surface area contributed by atoms with Crippen LogP contribution in [-0.4, -0.2) is 23.9 Å². The Balaban J connectivity index is 1.31. The number of benzene rings is 2. The van der Waals surface area contributed by atoms with Gasteiger partial charge in [0, 0.05) is 27.9 Å². The predicted octanol–water partition coefficient (Wildman–Crippen LogP) is 4.04. The molecule has 5 atom stereocenters. The standard InChI is InChI=1S/C23H21ClN2O4/c1-11-16(24)6-3-7-17(11)26-21(27)12-4-2-5-14(8-12)25-22(28)19-13-9-15-18(10-13)30-23(29)20(15)19/h2-8,13,15,18-20H,9-10H2,1H3,(H,25,28)(H,26,27)/t13-,15-,18+,19-,20-/m0/s1. The highest BCUT2D eigenvalue weighted by atomic mass is 35.5. The third-order valence-corrected chi connectivity index (χ3v) is 7.10. The molecule has 6 nitrogen and oxygen atoms in total. The van der Waals surface area contributed by atoms with E-state index in [9.17, 15) is 14.4 Å². The third kappa shape index (κ3) is 3.06. The summed E-state index contributed by atoms with van der Waals surface area (Å²) in [6.07, 6.45) is 1.64. The van der Waals surface area contributed by atoms with Gasteiger partial charge in [0.25, 0.3) is 5.91 Å². The molecule has 0 radical (unpaired) electrons. The molecule has 0 unspecified atom stereocenters. The van der Waals surface area contributed by atoms with E-state index in [-0.39, 0.29) is 47.6 Å². The van der Waals surface area contributed by atoms with E-state index in [1.165, 1.54) is 0 Å². The van der Waals surface area contributed by atoms with Gasteiger partial charge in [0.1, 0.15) is 6.10 Å². The summed E-state index contributed by atoms with van der Waals surface area (Å²) in [5, 5.41) is 6.34. The third-order valence-electron chi connectivity index (χ3n) is 6.69. The summed E-state index contributed by atoms with van der Waals surface area (Å²) in [6.45, 7) is 1.84. The molecule has 3 fully saturated rings. The molecular weight excluding hydrogens is 404 g/mol. The molecule has 154 valence electrons. The second kappa shape index (κ2) is 7.13. The molecular formula is C23H21ClN2O4. The lowest BCUT2D eigenvalue weighted by Crippen LogP contribution is -2.35. The molecule has 2 aromatic carbocycles. The highest BCUT2D eigenvalue weighted by Gasteiger charge is 2.63. The average Bonchev–Trinajstić information content (AvgIpc) is 3.34. The minimum absolute atomic E-state index is 0.00137. The highest BCUT2D eigenvalue weighted by Crippen LogP contribution is 2.57. The predicted molar refractivity (Wildman–Crippen MR) is 112 cm³/mol. The molecule has 2 saturated carbocycles. The van der Waals surface area contributed by atoms with Gasteiger partial charge in [-0.2, -0.15) is 0 Å². The molecule has 30 heavy (non-hydrogen) atoms. The summed E-state index contributed by atoms with van der Waals surface area (Å²) in [5.74, 6) is -1.02. The number of carbonyl (C=O) groups excluding carboxylic acids is 3. The topological polar surface area (TPSA) is 84.5 Å². The van der Waals surface area contributed by atoms with Crippen LogP contribution >= 0.6 is 11.6 Å². The van der Waals surface area contributed by atoms with Crippen molar-refractivity contribution in [2.75, 3.05) is 10.6 Å². The Labute approximate surface area is 178 Å². The number of nitrogens with one attached hydrogen (secondary N) is 2. The zero-order valence-electron chi connectivity index (χ0n) is 16.4. The molecule has 1 heterocycles. The molecule has 2 amide bonds. The Morgan fingerprint density at radius 2 is 1.90 bits per heavy atom. The van der Waals surface area contributed by atoms with Crippen molar-refractivity contribution in [1.82, 2.24) is 0 Å². The maximum Gasteiger partial charge on any atom is 0.310 e. The van der Waals surface area contributed by atoms with E-state index < -0.39 is 0 Å². The fourth-order valence-corrected chi connectivity index (χ4v) is 5.44. The minimum Gasteiger partial charge on any atom is -0.462 e. The number of carbonyl (C=O) groups is 3. The maximum absolute atomic E-state index is 13.0. The van der Waals surface area contributed by atoms with Gasteiger partial charge in [0.05, 0.1) is 11.8 Å². The molecule has 1 saturated heterocycles. The van der Waals surface area contributed by atoms with Crippen LogP contribution in [0.15, 0.2) is 42.5 Å². The fourth-order valence-electron chi connectivity index (χ4n) is 5.26. The van der Waals surface area contributed by atoms with Gasteiger partial charge in [0.2, 0.25) is 5.91 Å². The van der Waals surface area contributed by atoms with Gasteiger partial charge in [-0.05, 0) is 61.6 Å². The maximum atomic E-state index is 13.0. The normalized spacial score (nSPS) is 28.3. The first kappa shape index (κ1) is 19.1. The van der Waals surface area contributed by atoms with Gasteiger partial charge < -0.3 is 15.4 Å². The summed E-state index contributed by atoms with van der Waals surface area (Å²) in [6, 6.07) is 12.1. The number of rotatable bonds is 4. The van der Waals surface area contributed by atoms with E-state index in [0.29, 0.717) is 22.0 Å². The number of halogens is 1. The average molecular weight is 425 g/mol. The summed E-state index contributed by atoms with van der Waals surface area (Å²) in [4.78, 5) is 37.8. The van der Waals surface area contributed by atoms with Crippen molar-refractivity contribution >= 4 is 40.8 Å². The van der Waals surface area contributed by atoms with Gasteiger partial charge in [0.15, 0.2) is 0 Å². The van der Waals surface area contributed by atoms with E-state index in [2.05, 4.69) is 10.6 Å². The number of fused-ring (bicyclic) bond motifs is 1. The van der Waals surface area contributed by atoms with Crippen molar-refractivity contribution in [3.05, 3.63) is 58.6 Å². The Hall–Kier alpha value is -2.86. The number of ether oxygens (including phenoxy) is 1. The van der Waals surface area contributed by atoms with Crippen LogP contribution in [0.4, 0.5) is 11.4 Å². The summed E-state index contributed by atoms with van der Waals surface area (Å²) < 4.78 is 5.41. The zero-order chi connectivity index (χ0) is 21.0. The molecule has 2 bridgehead atoms. The second-order valence-corrected chi connectivity index (χ2v) is 8.77. The highest BCUT2D eigenvalue weighted by molar-refractivity contribution is 6.31. The van der Waals surface area contributed by atoms with Crippen LogP contribution in [0.3, 0.4) is 0 Å². The van der Waals surface area contributed by atoms with E-state index >= 15 is 0 Å². The van der Waals surface area contributed by atoms with Crippen LogP contribution in [0.25, 0.3) is 0 Å². The van der Waals surface area contributed by atoms with Crippen LogP contribution in [0, 0.1) is 30.6 Å². The lowest BCUT2D eigenvalue weighted by atomic mass is 9.79. The van der Waals surface area contributed by atoms with Gasteiger partial charge in [-0.25, -0.2) is 0 Å². The van der Waals surface area contributed by atoms with Crippen LogP contribution in [0.1, 0.15) is 28.8 Å². The van der Waals surface area contributed by atoms with E-state index in [1.54, 1.807) is 42.5 Å². The van der Waals surface area contributed by atoms with Crippen molar-refractivity contribution in [3.8, 4) is 0 Å². The van der Waals surface area contributed by atoms with Gasteiger partial charge in [-0.15, -0.1) is 0 Å².